The Morgan fingerprint density at radius 2 is 1.67 bits per heavy atom. The van der Waals surface area contributed by atoms with Crippen molar-refractivity contribution in [1.82, 2.24) is 0 Å². The van der Waals surface area contributed by atoms with Crippen LogP contribution >= 0.6 is 7.60 Å². The van der Waals surface area contributed by atoms with Gasteiger partial charge in [-0.05, 0) is 12.8 Å². The molecule has 0 saturated heterocycles. The molecule has 0 aromatic rings. The van der Waals surface area contributed by atoms with Crippen molar-refractivity contribution in [1.29, 1.82) is 0 Å². The lowest BCUT2D eigenvalue weighted by Gasteiger charge is -2.17. The van der Waals surface area contributed by atoms with Gasteiger partial charge in [-0.25, -0.2) is 0 Å². The number of primary amides is 1. The molecule has 0 aliphatic rings. The minimum absolute atomic E-state index is 0.0324. The summed E-state index contributed by atoms with van der Waals surface area (Å²) in [5, 5.41) is 0. The maximum Gasteiger partial charge on any atom is 0.331 e. The standard InChI is InChI=1S/C9H20NO4P/c1-3-6-13-15(12,14-7-4-2)8-5-9(10)11/h3-8H2,1-2H3,(H2,10,11). The van der Waals surface area contributed by atoms with Crippen LogP contribution in [0.1, 0.15) is 33.1 Å². The van der Waals surface area contributed by atoms with Crippen LogP contribution in [0.2, 0.25) is 0 Å². The summed E-state index contributed by atoms with van der Waals surface area (Å²) in [7, 11) is -3.11. The molecule has 0 aromatic heterocycles. The first-order valence-electron chi connectivity index (χ1n) is 5.20. The van der Waals surface area contributed by atoms with E-state index >= 15 is 0 Å². The van der Waals surface area contributed by atoms with E-state index in [0.717, 1.165) is 12.8 Å². The quantitative estimate of drug-likeness (QED) is 0.621. The highest BCUT2D eigenvalue weighted by molar-refractivity contribution is 7.53. The number of hydrogen-bond donors (Lipinski definition) is 1. The largest absolute Gasteiger partial charge is 0.370 e. The average molecular weight is 237 g/mol. The summed E-state index contributed by atoms with van der Waals surface area (Å²) >= 11 is 0. The fraction of sp³-hybridized carbons (Fsp3) is 0.889. The summed E-state index contributed by atoms with van der Waals surface area (Å²) in [6.45, 7) is 4.58. The topological polar surface area (TPSA) is 78.6 Å². The predicted octanol–water partition coefficient (Wildman–Crippen LogP) is 1.91. The summed E-state index contributed by atoms with van der Waals surface area (Å²) in [4.78, 5) is 10.6. The third kappa shape index (κ3) is 7.54. The molecule has 0 bridgehead atoms. The highest BCUT2D eigenvalue weighted by Gasteiger charge is 2.24. The van der Waals surface area contributed by atoms with Gasteiger partial charge in [0.25, 0.3) is 0 Å². The van der Waals surface area contributed by atoms with E-state index in [-0.39, 0.29) is 12.6 Å². The van der Waals surface area contributed by atoms with Crippen molar-refractivity contribution in [3.63, 3.8) is 0 Å². The normalized spacial score (nSPS) is 11.6. The molecule has 0 atom stereocenters. The molecule has 0 fully saturated rings. The van der Waals surface area contributed by atoms with Gasteiger partial charge < -0.3 is 14.8 Å². The van der Waals surface area contributed by atoms with E-state index < -0.39 is 13.5 Å². The van der Waals surface area contributed by atoms with Crippen molar-refractivity contribution in [3.8, 4) is 0 Å². The summed E-state index contributed by atoms with van der Waals surface area (Å²) in [6, 6.07) is 0. The maximum atomic E-state index is 12.0. The van der Waals surface area contributed by atoms with E-state index in [1.54, 1.807) is 0 Å². The molecule has 90 valence electrons. The smallest absolute Gasteiger partial charge is 0.331 e. The Kier molecular flexibility index (Phi) is 7.65. The highest BCUT2D eigenvalue weighted by Crippen LogP contribution is 2.48. The van der Waals surface area contributed by atoms with Crippen LogP contribution in [0.15, 0.2) is 0 Å². The number of hydrogen-bond acceptors (Lipinski definition) is 4. The Balaban J connectivity index is 4.13. The van der Waals surface area contributed by atoms with Gasteiger partial charge in [0.15, 0.2) is 0 Å². The molecule has 0 aromatic carbocycles. The van der Waals surface area contributed by atoms with Crippen LogP contribution in [-0.2, 0) is 18.4 Å². The predicted molar refractivity (Wildman–Crippen MR) is 58.8 cm³/mol. The van der Waals surface area contributed by atoms with Crippen molar-refractivity contribution in [3.05, 3.63) is 0 Å². The van der Waals surface area contributed by atoms with Crippen LogP contribution in [0, 0.1) is 0 Å². The van der Waals surface area contributed by atoms with Gasteiger partial charge in [0, 0.05) is 6.42 Å². The minimum atomic E-state index is -3.11. The Hall–Kier alpha value is -0.380. The van der Waals surface area contributed by atoms with Gasteiger partial charge in [-0.2, -0.15) is 0 Å². The Morgan fingerprint density at radius 3 is 2.00 bits per heavy atom. The second-order valence-electron chi connectivity index (χ2n) is 3.22. The first-order chi connectivity index (χ1) is 7.04. The first kappa shape index (κ1) is 14.6. The summed E-state index contributed by atoms with van der Waals surface area (Å²) in [5.41, 5.74) is 4.99. The molecule has 2 N–H and O–H groups in total. The number of nitrogens with two attached hydrogens (primary N) is 1. The molecule has 15 heavy (non-hydrogen) atoms. The van der Waals surface area contributed by atoms with Crippen molar-refractivity contribution in [2.75, 3.05) is 19.4 Å². The zero-order chi connectivity index (χ0) is 11.7. The SMILES string of the molecule is CCCOP(=O)(CCC(N)=O)OCCC. The van der Waals surface area contributed by atoms with Crippen molar-refractivity contribution < 1.29 is 18.4 Å². The monoisotopic (exact) mass is 237 g/mol. The Morgan fingerprint density at radius 1 is 1.20 bits per heavy atom. The van der Waals surface area contributed by atoms with Crippen LogP contribution < -0.4 is 5.73 Å². The van der Waals surface area contributed by atoms with E-state index in [1.807, 2.05) is 13.8 Å². The van der Waals surface area contributed by atoms with Crippen LogP contribution in [-0.4, -0.2) is 25.3 Å². The van der Waals surface area contributed by atoms with Gasteiger partial charge in [0.1, 0.15) is 0 Å². The van der Waals surface area contributed by atoms with Crippen molar-refractivity contribution in [2.45, 2.75) is 33.1 Å². The van der Waals surface area contributed by atoms with Gasteiger partial charge in [-0.1, -0.05) is 13.8 Å². The molecule has 0 unspecified atom stereocenters. The third-order valence-corrected chi connectivity index (χ3v) is 3.54. The maximum absolute atomic E-state index is 12.0. The van der Waals surface area contributed by atoms with Crippen molar-refractivity contribution >= 4 is 13.5 Å². The summed E-state index contributed by atoms with van der Waals surface area (Å²) in [5.74, 6) is -0.490. The Labute approximate surface area is 90.9 Å². The van der Waals surface area contributed by atoms with E-state index in [9.17, 15) is 9.36 Å². The number of amides is 1. The van der Waals surface area contributed by atoms with Crippen LogP contribution in [0.4, 0.5) is 0 Å². The number of carbonyl (C=O) groups excluding carboxylic acids is 1. The fourth-order valence-corrected chi connectivity index (χ4v) is 2.62. The molecule has 0 aliphatic heterocycles. The molecular weight excluding hydrogens is 217 g/mol. The molecule has 1 amide bonds. The van der Waals surface area contributed by atoms with E-state index in [1.165, 1.54) is 0 Å². The zero-order valence-corrected chi connectivity index (χ0v) is 10.3. The molecule has 0 radical (unpaired) electrons. The van der Waals surface area contributed by atoms with Crippen LogP contribution in [0.5, 0.6) is 0 Å². The van der Waals surface area contributed by atoms with Gasteiger partial charge in [-0.3, -0.25) is 9.36 Å². The second kappa shape index (κ2) is 7.85. The Bertz CT molecular complexity index is 220. The number of carbonyl (C=O) groups is 1. The van der Waals surface area contributed by atoms with E-state index in [2.05, 4.69) is 0 Å². The number of rotatable bonds is 9. The van der Waals surface area contributed by atoms with Crippen LogP contribution in [0.25, 0.3) is 0 Å². The lowest BCUT2D eigenvalue weighted by Crippen LogP contribution is -2.14. The van der Waals surface area contributed by atoms with Crippen LogP contribution in [0.3, 0.4) is 0 Å². The molecule has 0 saturated carbocycles. The second-order valence-corrected chi connectivity index (χ2v) is 5.40. The van der Waals surface area contributed by atoms with E-state index in [4.69, 9.17) is 14.8 Å². The van der Waals surface area contributed by atoms with Gasteiger partial charge in [0.05, 0.1) is 19.4 Å². The lowest BCUT2D eigenvalue weighted by molar-refractivity contribution is -0.117. The molecule has 0 spiro atoms. The molecule has 6 heteroatoms. The minimum Gasteiger partial charge on any atom is -0.370 e. The highest BCUT2D eigenvalue weighted by atomic mass is 31.2. The first-order valence-corrected chi connectivity index (χ1v) is 6.93. The van der Waals surface area contributed by atoms with Gasteiger partial charge in [0.2, 0.25) is 5.91 Å². The molecule has 5 nitrogen and oxygen atoms in total. The fourth-order valence-electron chi connectivity index (χ4n) is 0.874. The molecule has 0 heterocycles. The summed E-state index contributed by atoms with van der Waals surface area (Å²) < 4.78 is 22.3. The van der Waals surface area contributed by atoms with Crippen molar-refractivity contribution in [2.24, 2.45) is 5.73 Å². The van der Waals surface area contributed by atoms with Gasteiger partial charge in [-0.15, -0.1) is 0 Å². The zero-order valence-electron chi connectivity index (χ0n) is 9.40. The van der Waals surface area contributed by atoms with Gasteiger partial charge >= 0.3 is 7.60 Å². The molecule has 0 aliphatic carbocycles. The third-order valence-electron chi connectivity index (χ3n) is 1.62. The lowest BCUT2D eigenvalue weighted by atomic mass is 10.5. The average Bonchev–Trinajstić information content (AvgIpc) is 2.21. The molecule has 0 rings (SSSR count). The van der Waals surface area contributed by atoms with E-state index in [0.29, 0.717) is 13.2 Å². The molecular formula is C9H20NO4P. The summed E-state index contributed by atoms with van der Waals surface area (Å²) in [6.07, 6.45) is 1.62.